The molecule has 25 heavy (non-hydrogen) atoms. The van der Waals surface area contributed by atoms with E-state index < -0.39 is 5.82 Å². The molecule has 0 N–H and O–H groups in total. The van der Waals surface area contributed by atoms with E-state index in [2.05, 4.69) is 0 Å². The van der Waals surface area contributed by atoms with Crippen molar-refractivity contribution in [1.29, 1.82) is 0 Å². The first-order chi connectivity index (χ1) is 12.1. The third-order valence-corrected chi connectivity index (χ3v) is 4.75. The molecular formula is C19H18FN3O2. The minimum Gasteiger partial charge on any atom is -0.313 e. The quantitative estimate of drug-likeness (QED) is 0.863. The van der Waals surface area contributed by atoms with Gasteiger partial charge in [0.25, 0.3) is 0 Å². The van der Waals surface area contributed by atoms with E-state index in [4.69, 9.17) is 0 Å². The van der Waals surface area contributed by atoms with Crippen molar-refractivity contribution in [3.8, 4) is 0 Å². The Bertz CT molecular complexity index is 839. The summed E-state index contributed by atoms with van der Waals surface area (Å²) in [7, 11) is 0. The minimum atomic E-state index is -0.433. The second kappa shape index (κ2) is 6.20. The van der Waals surface area contributed by atoms with Gasteiger partial charge in [0.15, 0.2) is 0 Å². The average Bonchev–Trinajstić information content (AvgIpc) is 3.20. The lowest BCUT2D eigenvalue weighted by Crippen LogP contribution is -2.41. The number of benzene rings is 2. The van der Waals surface area contributed by atoms with Gasteiger partial charge in [-0.3, -0.25) is 9.69 Å². The lowest BCUT2D eigenvalue weighted by atomic mass is 10.2. The molecule has 128 valence electrons. The fraction of sp³-hybridized carbons (Fsp3) is 0.263. The predicted molar refractivity (Wildman–Crippen MR) is 93.2 cm³/mol. The molecule has 2 aliphatic heterocycles. The zero-order chi connectivity index (χ0) is 17.4. The number of para-hydroxylation sites is 2. The largest absolute Gasteiger partial charge is 0.325 e. The smallest absolute Gasteiger partial charge is 0.313 e. The molecule has 0 saturated carbocycles. The van der Waals surface area contributed by atoms with Crippen molar-refractivity contribution < 1.29 is 14.0 Å². The van der Waals surface area contributed by atoms with Crippen LogP contribution in [-0.2, 0) is 11.2 Å². The first-order valence-electron chi connectivity index (χ1n) is 8.34. The molecule has 0 atom stereocenters. The summed E-state index contributed by atoms with van der Waals surface area (Å²) in [6.45, 7) is 1.44. The van der Waals surface area contributed by atoms with Gasteiger partial charge in [-0.05, 0) is 30.2 Å². The molecule has 0 bridgehead atoms. The molecule has 2 heterocycles. The fourth-order valence-electron chi connectivity index (χ4n) is 3.47. The summed E-state index contributed by atoms with van der Waals surface area (Å²) in [6, 6.07) is 13.7. The van der Waals surface area contributed by atoms with E-state index in [0.717, 1.165) is 17.7 Å². The van der Waals surface area contributed by atoms with Gasteiger partial charge in [-0.15, -0.1) is 0 Å². The van der Waals surface area contributed by atoms with Crippen LogP contribution < -0.4 is 9.80 Å². The number of carbonyl (C=O) groups is 2. The Hall–Kier alpha value is -2.89. The van der Waals surface area contributed by atoms with Gasteiger partial charge in [0, 0.05) is 25.3 Å². The average molecular weight is 339 g/mol. The van der Waals surface area contributed by atoms with Crippen molar-refractivity contribution in [3.63, 3.8) is 0 Å². The van der Waals surface area contributed by atoms with Gasteiger partial charge in [0.05, 0.1) is 5.69 Å². The van der Waals surface area contributed by atoms with Crippen molar-refractivity contribution in [2.75, 3.05) is 36.0 Å². The number of urea groups is 1. The summed E-state index contributed by atoms with van der Waals surface area (Å²) in [5, 5.41) is 0. The summed E-state index contributed by atoms with van der Waals surface area (Å²) in [4.78, 5) is 29.8. The van der Waals surface area contributed by atoms with Crippen LogP contribution in [0.1, 0.15) is 5.56 Å². The van der Waals surface area contributed by atoms with Crippen LogP contribution in [0, 0.1) is 5.82 Å². The maximum Gasteiger partial charge on any atom is 0.325 e. The molecule has 5 nitrogen and oxygen atoms in total. The molecular weight excluding hydrogens is 321 g/mol. The molecule has 1 fully saturated rings. The van der Waals surface area contributed by atoms with Gasteiger partial charge in [-0.2, -0.15) is 0 Å². The number of hydrogen-bond donors (Lipinski definition) is 0. The number of nitrogens with zero attached hydrogens (tertiary/aromatic N) is 3. The van der Waals surface area contributed by atoms with E-state index in [0.29, 0.717) is 19.6 Å². The first-order valence-corrected chi connectivity index (χ1v) is 8.34. The number of amides is 3. The van der Waals surface area contributed by atoms with Crippen molar-refractivity contribution in [1.82, 2.24) is 4.90 Å². The summed E-state index contributed by atoms with van der Waals surface area (Å²) < 4.78 is 13.9. The van der Waals surface area contributed by atoms with Crippen LogP contribution in [0.2, 0.25) is 0 Å². The molecule has 0 unspecified atom stereocenters. The van der Waals surface area contributed by atoms with E-state index >= 15 is 0 Å². The molecule has 1 saturated heterocycles. The summed E-state index contributed by atoms with van der Waals surface area (Å²) >= 11 is 0. The maximum absolute atomic E-state index is 13.9. The van der Waals surface area contributed by atoms with Crippen LogP contribution in [0.4, 0.5) is 20.6 Å². The van der Waals surface area contributed by atoms with E-state index in [1.54, 1.807) is 23.1 Å². The molecule has 4 rings (SSSR count). The third-order valence-electron chi connectivity index (χ3n) is 4.75. The summed E-state index contributed by atoms with van der Waals surface area (Å²) in [5.41, 5.74) is 2.33. The van der Waals surface area contributed by atoms with Gasteiger partial charge < -0.3 is 9.80 Å². The molecule has 2 aliphatic rings. The molecule has 2 aromatic rings. The van der Waals surface area contributed by atoms with E-state index in [1.807, 2.05) is 24.3 Å². The van der Waals surface area contributed by atoms with Gasteiger partial charge in [-0.1, -0.05) is 30.3 Å². The van der Waals surface area contributed by atoms with Gasteiger partial charge in [-0.25, -0.2) is 9.18 Å². The Morgan fingerprint density at radius 3 is 2.48 bits per heavy atom. The summed E-state index contributed by atoms with van der Waals surface area (Å²) in [5.74, 6) is -0.536. The van der Waals surface area contributed by atoms with Crippen LogP contribution in [0.5, 0.6) is 0 Å². The number of rotatable bonds is 3. The normalized spacial score (nSPS) is 16.5. The number of halogens is 1. The SMILES string of the molecule is O=C1N(CC(=O)N2CCc3ccccc32)CCN1c1ccccc1F. The Morgan fingerprint density at radius 2 is 1.68 bits per heavy atom. The molecule has 3 amide bonds. The van der Waals surface area contributed by atoms with Gasteiger partial charge in [0.1, 0.15) is 12.4 Å². The summed E-state index contributed by atoms with van der Waals surface area (Å²) in [6.07, 6.45) is 0.831. The van der Waals surface area contributed by atoms with Crippen LogP contribution in [0.25, 0.3) is 0 Å². The fourth-order valence-corrected chi connectivity index (χ4v) is 3.47. The Balaban J connectivity index is 1.47. The minimum absolute atomic E-state index is 0.0120. The van der Waals surface area contributed by atoms with Crippen LogP contribution in [0.3, 0.4) is 0 Å². The topological polar surface area (TPSA) is 43.9 Å². The second-order valence-corrected chi connectivity index (χ2v) is 6.23. The highest BCUT2D eigenvalue weighted by Gasteiger charge is 2.34. The lowest BCUT2D eigenvalue weighted by molar-refractivity contribution is -0.118. The molecule has 0 spiro atoms. The monoisotopic (exact) mass is 339 g/mol. The highest BCUT2D eigenvalue weighted by molar-refractivity contribution is 6.01. The highest BCUT2D eigenvalue weighted by Crippen LogP contribution is 2.28. The third kappa shape index (κ3) is 2.73. The van der Waals surface area contributed by atoms with Crippen LogP contribution in [0.15, 0.2) is 48.5 Å². The van der Waals surface area contributed by atoms with Crippen molar-refractivity contribution in [2.45, 2.75) is 6.42 Å². The van der Waals surface area contributed by atoms with E-state index in [9.17, 15) is 14.0 Å². The van der Waals surface area contributed by atoms with E-state index in [-0.39, 0.29) is 24.2 Å². The van der Waals surface area contributed by atoms with Crippen molar-refractivity contribution in [3.05, 3.63) is 59.9 Å². The molecule has 2 aromatic carbocycles. The van der Waals surface area contributed by atoms with Crippen molar-refractivity contribution >= 4 is 23.3 Å². The Kier molecular flexibility index (Phi) is 3.87. The molecule has 0 radical (unpaired) electrons. The number of hydrogen-bond acceptors (Lipinski definition) is 2. The molecule has 0 aromatic heterocycles. The second-order valence-electron chi connectivity index (χ2n) is 6.23. The Labute approximate surface area is 145 Å². The predicted octanol–water partition coefficient (Wildman–Crippen LogP) is 2.66. The van der Waals surface area contributed by atoms with Crippen molar-refractivity contribution in [2.24, 2.45) is 0 Å². The first kappa shape index (κ1) is 15.6. The molecule has 6 heteroatoms. The number of carbonyl (C=O) groups excluding carboxylic acids is 2. The standard InChI is InChI=1S/C19H18FN3O2/c20-15-6-2-4-8-17(15)23-12-11-21(19(23)25)13-18(24)22-10-9-14-5-1-3-7-16(14)22/h1-8H,9-13H2. The molecule has 0 aliphatic carbocycles. The maximum atomic E-state index is 13.9. The Morgan fingerprint density at radius 1 is 0.960 bits per heavy atom. The van der Waals surface area contributed by atoms with Gasteiger partial charge >= 0.3 is 6.03 Å². The zero-order valence-electron chi connectivity index (χ0n) is 13.7. The lowest BCUT2D eigenvalue weighted by Gasteiger charge is -2.22. The number of anilines is 2. The number of fused-ring (bicyclic) bond motifs is 1. The van der Waals surface area contributed by atoms with E-state index in [1.165, 1.54) is 15.9 Å². The highest BCUT2D eigenvalue weighted by atomic mass is 19.1. The zero-order valence-corrected chi connectivity index (χ0v) is 13.7. The van der Waals surface area contributed by atoms with Crippen LogP contribution >= 0.6 is 0 Å². The van der Waals surface area contributed by atoms with Gasteiger partial charge in [0.2, 0.25) is 5.91 Å². The van der Waals surface area contributed by atoms with Crippen LogP contribution in [-0.4, -0.2) is 43.0 Å².